The van der Waals surface area contributed by atoms with Gasteiger partial charge in [0.1, 0.15) is 22.7 Å². The fourth-order valence-corrected chi connectivity index (χ4v) is 1.67. The number of benzene rings is 1. The van der Waals surface area contributed by atoms with Crippen molar-refractivity contribution in [3.05, 3.63) is 30.2 Å². The summed E-state index contributed by atoms with van der Waals surface area (Å²) in [4.78, 5) is 0. The Hall–Kier alpha value is -1.18. The molecule has 1 radical (unpaired) electrons. The topological polar surface area (TPSA) is 18.5 Å². The molecule has 0 aliphatic rings. The summed E-state index contributed by atoms with van der Waals surface area (Å²) in [5.74, 6) is 1.76. The van der Waals surface area contributed by atoms with Gasteiger partial charge in [-0.1, -0.05) is 26.8 Å². The Morgan fingerprint density at radius 2 is 1.50 bits per heavy atom. The normalized spacial score (nSPS) is 12.3. The van der Waals surface area contributed by atoms with Crippen molar-refractivity contribution < 1.29 is 9.47 Å². The van der Waals surface area contributed by atoms with E-state index in [0.717, 1.165) is 29.9 Å². The third kappa shape index (κ3) is 4.73. The molecule has 0 bridgehead atoms. The lowest BCUT2D eigenvalue weighted by Gasteiger charge is -2.28. The van der Waals surface area contributed by atoms with E-state index >= 15 is 0 Å². The molecular weight excluding hydrogens is 248 g/mol. The minimum absolute atomic E-state index is 0.158. The molecule has 0 atom stereocenters. The minimum atomic E-state index is -0.170. The summed E-state index contributed by atoms with van der Waals surface area (Å²) >= 11 is 0. The largest absolute Gasteiger partial charge is 0.488 e. The smallest absolute Gasteiger partial charge is 0.127 e. The van der Waals surface area contributed by atoms with Gasteiger partial charge in [0.05, 0.1) is 0 Å². The Morgan fingerprint density at radius 1 is 0.950 bits per heavy atom. The Morgan fingerprint density at radius 3 is 2.00 bits per heavy atom. The van der Waals surface area contributed by atoms with Crippen LogP contribution in [0.4, 0.5) is 0 Å². The Kier molecular flexibility index (Phi) is 5.50. The SMILES string of the molecule is C[CH]c1ccc(OC(C)(C)CC)cc1OC(C)(C)CC. The maximum atomic E-state index is 6.15. The maximum Gasteiger partial charge on any atom is 0.127 e. The van der Waals surface area contributed by atoms with Crippen LogP contribution in [0.1, 0.15) is 66.9 Å². The van der Waals surface area contributed by atoms with Crippen LogP contribution in [0.15, 0.2) is 18.2 Å². The first kappa shape index (κ1) is 16.9. The van der Waals surface area contributed by atoms with Gasteiger partial charge in [-0.3, -0.25) is 0 Å². The molecule has 0 saturated carbocycles. The van der Waals surface area contributed by atoms with Crippen LogP contribution in [0, 0.1) is 6.42 Å². The van der Waals surface area contributed by atoms with Crippen LogP contribution in [-0.2, 0) is 0 Å². The van der Waals surface area contributed by atoms with Crippen molar-refractivity contribution >= 4 is 0 Å². The fourth-order valence-electron chi connectivity index (χ4n) is 1.67. The highest BCUT2D eigenvalue weighted by molar-refractivity contribution is 5.44. The molecule has 20 heavy (non-hydrogen) atoms. The molecule has 0 aromatic heterocycles. The van der Waals surface area contributed by atoms with Gasteiger partial charge in [0.25, 0.3) is 0 Å². The zero-order valence-corrected chi connectivity index (χ0v) is 14.0. The van der Waals surface area contributed by atoms with E-state index in [-0.39, 0.29) is 11.2 Å². The molecule has 0 aliphatic carbocycles. The van der Waals surface area contributed by atoms with Crippen molar-refractivity contribution in [3.63, 3.8) is 0 Å². The molecule has 1 aromatic carbocycles. The first-order valence-electron chi connectivity index (χ1n) is 7.54. The van der Waals surface area contributed by atoms with Gasteiger partial charge in [0.15, 0.2) is 0 Å². The quantitative estimate of drug-likeness (QED) is 0.665. The molecule has 2 heteroatoms. The van der Waals surface area contributed by atoms with E-state index < -0.39 is 0 Å². The van der Waals surface area contributed by atoms with E-state index in [4.69, 9.17) is 9.47 Å². The highest BCUT2D eigenvalue weighted by atomic mass is 16.5. The Balaban J connectivity index is 3.03. The summed E-state index contributed by atoms with van der Waals surface area (Å²) in [6.07, 6.45) is 3.99. The van der Waals surface area contributed by atoms with Crippen LogP contribution in [0.2, 0.25) is 0 Å². The van der Waals surface area contributed by atoms with Crippen LogP contribution in [0.25, 0.3) is 0 Å². The molecule has 0 spiro atoms. The minimum Gasteiger partial charge on any atom is -0.488 e. The van der Waals surface area contributed by atoms with Gasteiger partial charge in [-0.05, 0) is 58.6 Å². The average Bonchev–Trinajstić information content (AvgIpc) is 2.38. The lowest BCUT2D eigenvalue weighted by atomic mass is 10.0. The molecule has 0 saturated heterocycles. The molecule has 0 amide bonds. The van der Waals surface area contributed by atoms with E-state index in [1.165, 1.54) is 0 Å². The fraction of sp³-hybridized carbons (Fsp3) is 0.611. The van der Waals surface area contributed by atoms with E-state index in [1.807, 2.05) is 19.1 Å². The second-order valence-electron chi connectivity index (χ2n) is 6.42. The van der Waals surface area contributed by atoms with Crippen molar-refractivity contribution in [3.8, 4) is 11.5 Å². The molecule has 0 aliphatic heterocycles. The molecule has 2 nitrogen and oxygen atoms in total. The predicted molar refractivity (Wildman–Crippen MR) is 85.5 cm³/mol. The van der Waals surface area contributed by atoms with Crippen molar-refractivity contribution in [2.45, 2.75) is 72.5 Å². The van der Waals surface area contributed by atoms with Crippen molar-refractivity contribution in [1.82, 2.24) is 0 Å². The maximum absolute atomic E-state index is 6.15. The zero-order valence-electron chi connectivity index (χ0n) is 14.0. The van der Waals surface area contributed by atoms with Gasteiger partial charge >= 0.3 is 0 Å². The summed E-state index contributed by atoms with van der Waals surface area (Å²) in [6, 6.07) is 6.07. The highest BCUT2D eigenvalue weighted by Gasteiger charge is 2.21. The first-order valence-corrected chi connectivity index (χ1v) is 7.54. The monoisotopic (exact) mass is 277 g/mol. The molecule has 113 valence electrons. The van der Waals surface area contributed by atoms with Crippen molar-refractivity contribution in [1.29, 1.82) is 0 Å². The second kappa shape index (κ2) is 6.51. The third-order valence-corrected chi connectivity index (χ3v) is 3.78. The summed E-state index contributed by atoms with van der Waals surface area (Å²) in [5, 5.41) is 0. The van der Waals surface area contributed by atoms with Crippen molar-refractivity contribution in [2.24, 2.45) is 0 Å². The Bertz CT molecular complexity index is 433. The van der Waals surface area contributed by atoms with E-state index in [2.05, 4.69) is 54.0 Å². The summed E-state index contributed by atoms with van der Waals surface area (Å²) < 4.78 is 12.2. The summed E-state index contributed by atoms with van der Waals surface area (Å²) in [5.41, 5.74) is 0.777. The van der Waals surface area contributed by atoms with Gasteiger partial charge < -0.3 is 9.47 Å². The lowest BCUT2D eigenvalue weighted by Crippen LogP contribution is -2.28. The van der Waals surface area contributed by atoms with E-state index in [9.17, 15) is 0 Å². The lowest BCUT2D eigenvalue weighted by molar-refractivity contribution is 0.0957. The molecule has 0 unspecified atom stereocenters. The number of rotatable bonds is 7. The van der Waals surface area contributed by atoms with E-state index in [1.54, 1.807) is 0 Å². The average molecular weight is 277 g/mol. The third-order valence-electron chi connectivity index (χ3n) is 3.78. The van der Waals surface area contributed by atoms with Gasteiger partial charge in [-0.2, -0.15) is 0 Å². The Labute approximate surface area is 124 Å². The predicted octanol–water partition coefficient (Wildman–Crippen LogP) is 5.39. The van der Waals surface area contributed by atoms with Crippen molar-refractivity contribution in [2.75, 3.05) is 0 Å². The number of hydrogen-bond donors (Lipinski definition) is 0. The van der Waals surface area contributed by atoms with Crippen LogP contribution in [-0.4, -0.2) is 11.2 Å². The van der Waals surface area contributed by atoms with Crippen LogP contribution < -0.4 is 9.47 Å². The molecule has 1 rings (SSSR count). The molecule has 0 fully saturated rings. The second-order valence-corrected chi connectivity index (χ2v) is 6.42. The molecule has 0 N–H and O–H groups in total. The summed E-state index contributed by atoms with van der Waals surface area (Å²) in [6.45, 7) is 14.7. The number of ether oxygens (including phenoxy) is 2. The molecule has 1 aromatic rings. The van der Waals surface area contributed by atoms with Gasteiger partial charge in [-0.25, -0.2) is 0 Å². The number of hydrogen-bond acceptors (Lipinski definition) is 2. The van der Waals surface area contributed by atoms with Gasteiger partial charge in [0.2, 0.25) is 0 Å². The highest BCUT2D eigenvalue weighted by Crippen LogP contribution is 2.32. The molecule has 0 heterocycles. The summed E-state index contributed by atoms with van der Waals surface area (Å²) in [7, 11) is 0. The first-order chi connectivity index (χ1) is 9.23. The van der Waals surface area contributed by atoms with Crippen LogP contribution in [0.3, 0.4) is 0 Å². The molecular formula is C18H29O2. The van der Waals surface area contributed by atoms with Gasteiger partial charge in [-0.15, -0.1) is 0 Å². The zero-order chi connectivity index (χ0) is 15.4. The van der Waals surface area contributed by atoms with E-state index in [0.29, 0.717) is 0 Å². The standard InChI is InChI=1S/C18H29O2/c1-8-14-11-12-15(19-17(4,5)9-2)13-16(14)20-18(6,7)10-3/h8,11-13H,9-10H2,1-7H3. The van der Waals surface area contributed by atoms with Crippen LogP contribution in [0.5, 0.6) is 11.5 Å². The van der Waals surface area contributed by atoms with Crippen LogP contribution >= 0.6 is 0 Å². The van der Waals surface area contributed by atoms with Gasteiger partial charge in [0, 0.05) is 6.07 Å².